The third-order valence-electron chi connectivity index (χ3n) is 2.75. The molecule has 2 aromatic rings. The maximum atomic E-state index is 14.0. The molecule has 0 radical (unpaired) electrons. The van der Waals surface area contributed by atoms with Gasteiger partial charge in [0.05, 0.1) is 5.69 Å². The molecule has 0 fully saturated rings. The summed E-state index contributed by atoms with van der Waals surface area (Å²) in [6.07, 6.45) is 0. The van der Waals surface area contributed by atoms with Crippen molar-refractivity contribution in [2.24, 2.45) is 5.73 Å². The van der Waals surface area contributed by atoms with E-state index in [0.29, 0.717) is 17.1 Å². The van der Waals surface area contributed by atoms with Gasteiger partial charge in [0, 0.05) is 26.9 Å². The highest BCUT2D eigenvalue weighted by molar-refractivity contribution is 9.10. The molecule has 0 spiro atoms. The fourth-order valence-electron chi connectivity index (χ4n) is 1.85. The Labute approximate surface area is 125 Å². The molecule has 0 amide bonds. The van der Waals surface area contributed by atoms with Crippen molar-refractivity contribution in [1.29, 1.82) is 0 Å². The number of rotatable bonds is 2. The predicted octanol–water partition coefficient (Wildman–Crippen LogP) is 4.47. The summed E-state index contributed by atoms with van der Waals surface area (Å²) in [4.78, 5) is 5.61. The number of nitrogens with zero attached hydrogens (tertiary/aromatic N) is 1. The molecule has 0 atom stereocenters. The Hall–Kier alpha value is -0.780. The van der Waals surface area contributed by atoms with Crippen LogP contribution in [-0.2, 0) is 12.0 Å². The molecule has 2 N–H and O–H groups in total. The lowest BCUT2D eigenvalue weighted by molar-refractivity contribution is 0.566. The largest absolute Gasteiger partial charge is 0.326 e. The lowest BCUT2D eigenvalue weighted by Crippen LogP contribution is -2.15. The minimum absolute atomic E-state index is 0.0880. The van der Waals surface area contributed by atoms with Crippen molar-refractivity contribution < 1.29 is 4.39 Å². The smallest absolute Gasteiger partial charge is 0.134 e. The van der Waals surface area contributed by atoms with Gasteiger partial charge in [-0.1, -0.05) is 36.7 Å². The summed E-state index contributed by atoms with van der Waals surface area (Å²) < 4.78 is 14.7. The summed E-state index contributed by atoms with van der Waals surface area (Å²) in [6, 6.07) is 5.01. The summed E-state index contributed by atoms with van der Waals surface area (Å²) in [7, 11) is 0. The maximum Gasteiger partial charge on any atom is 0.134 e. The summed E-state index contributed by atoms with van der Waals surface area (Å²) in [5.74, 6) is -0.271. The third kappa shape index (κ3) is 3.04. The van der Waals surface area contributed by atoms with Crippen LogP contribution >= 0.6 is 27.3 Å². The SMILES string of the molecule is CC(C)(C)c1nc(-c2ccc(Br)cc2F)sc1CN. The van der Waals surface area contributed by atoms with Gasteiger partial charge in [-0.25, -0.2) is 9.37 Å². The first-order chi connectivity index (χ1) is 8.82. The van der Waals surface area contributed by atoms with E-state index in [-0.39, 0.29) is 11.2 Å². The first-order valence-corrected chi connectivity index (χ1v) is 7.59. The quantitative estimate of drug-likeness (QED) is 0.874. The monoisotopic (exact) mass is 342 g/mol. The molecule has 0 aliphatic heterocycles. The molecule has 0 unspecified atom stereocenters. The van der Waals surface area contributed by atoms with Crippen molar-refractivity contribution in [3.63, 3.8) is 0 Å². The number of thiazole rings is 1. The zero-order valence-corrected chi connectivity index (χ0v) is 13.5. The number of halogens is 2. The molecule has 1 aromatic carbocycles. The van der Waals surface area contributed by atoms with Crippen LogP contribution in [0.1, 0.15) is 31.3 Å². The Morgan fingerprint density at radius 3 is 2.53 bits per heavy atom. The molecule has 0 aliphatic carbocycles. The van der Waals surface area contributed by atoms with E-state index in [1.165, 1.54) is 17.4 Å². The molecule has 5 heteroatoms. The van der Waals surface area contributed by atoms with Crippen LogP contribution in [0, 0.1) is 5.82 Å². The number of hydrogen-bond donors (Lipinski definition) is 1. The van der Waals surface area contributed by atoms with Crippen LogP contribution in [0.4, 0.5) is 4.39 Å². The highest BCUT2D eigenvalue weighted by Gasteiger charge is 2.23. The Bertz CT molecular complexity index is 602. The standard InChI is InChI=1S/C14H16BrFN2S/c1-14(2,3)12-11(7-17)19-13(18-12)9-5-4-8(15)6-10(9)16/h4-6H,7,17H2,1-3H3. The number of hydrogen-bond acceptors (Lipinski definition) is 3. The number of aromatic nitrogens is 1. The van der Waals surface area contributed by atoms with E-state index in [2.05, 4.69) is 41.7 Å². The van der Waals surface area contributed by atoms with Gasteiger partial charge < -0.3 is 5.73 Å². The van der Waals surface area contributed by atoms with Gasteiger partial charge in [0.1, 0.15) is 10.8 Å². The van der Waals surface area contributed by atoms with Crippen molar-refractivity contribution in [2.75, 3.05) is 0 Å². The molecule has 0 saturated heterocycles. The fraction of sp³-hybridized carbons (Fsp3) is 0.357. The molecule has 102 valence electrons. The Kier molecular flexibility index (Phi) is 4.08. The van der Waals surface area contributed by atoms with Gasteiger partial charge in [0.25, 0.3) is 0 Å². The van der Waals surface area contributed by atoms with Crippen molar-refractivity contribution in [2.45, 2.75) is 32.7 Å². The molecule has 19 heavy (non-hydrogen) atoms. The second kappa shape index (κ2) is 5.31. The van der Waals surface area contributed by atoms with Gasteiger partial charge in [-0.2, -0.15) is 0 Å². The van der Waals surface area contributed by atoms with Gasteiger partial charge in [-0.3, -0.25) is 0 Å². The maximum absolute atomic E-state index is 14.0. The van der Waals surface area contributed by atoms with Crippen LogP contribution in [0.25, 0.3) is 10.6 Å². The normalized spacial score (nSPS) is 11.9. The fourth-order valence-corrected chi connectivity index (χ4v) is 3.36. The molecule has 0 saturated carbocycles. The molecule has 0 bridgehead atoms. The minimum Gasteiger partial charge on any atom is -0.326 e. The Morgan fingerprint density at radius 1 is 1.37 bits per heavy atom. The van der Waals surface area contributed by atoms with E-state index in [0.717, 1.165) is 15.0 Å². The number of benzene rings is 1. The van der Waals surface area contributed by atoms with Crippen LogP contribution in [0.5, 0.6) is 0 Å². The van der Waals surface area contributed by atoms with Gasteiger partial charge in [0.2, 0.25) is 0 Å². The molecular weight excluding hydrogens is 327 g/mol. The summed E-state index contributed by atoms with van der Waals surface area (Å²) in [5, 5.41) is 0.690. The highest BCUT2D eigenvalue weighted by atomic mass is 79.9. The lowest BCUT2D eigenvalue weighted by Gasteiger charge is -2.16. The second-order valence-electron chi connectivity index (χ2n) is 5.37. The van der Waals surface area contributed by atoms with Crippen molar-refractivity contribution in [3.8, 4) is 10.6 Å². The molecule has 0 aliphatic rings. The average molecular weight is 343 g/mol. The summed E-state index contributed by atoms with van der Waals surface area (Å²) in [6.45, 7) is 6.69. The molecular formula is C14H16BrFN2S. The van der Waals surface area contributed by atoms with E-state index in [9.17, 15) is 4.39 Å². The molecule has 1 aromatic heterocycles. The van der Waals surface area contributed by atoms with E-state index in [1.54, 1.807) is 6.07 Å². The molecule has 2 nitrogen and oxygen atoms in total. The van der Waals surface area contributed by atoms with Crippen LogP contribution in [-0.4, -0.2) is 4.98 Å². The van der Waals surface area contributed by atoms with Gasteiger partial charge in [-0.15, -0.1) is 11.3 Å². The van der Waals surface area contributed by atoms with Crippen molar-refractivity contribution in [3.05, 3.63) is 39.1 Å². The highest BCUT2D eigenvalue weighted by Crippen LogP contribution is 2.35. The van der Waals surface area contributed by atoms with Crippen LogP contribution in [0.3, 0.4) is 0 Å². The Balaban J connectivity index is 2.55. The first-order valence-electron chi connectivity index (χ1n) is 5.98. The van der Waals surface area contributed by atoms with Gasteiger partial charge in [0.15, 0.2) is 0 Å². The van der Waals surface area contributed by atoms with Crippen molar-refractivity contribution in [1.82, 2.24) is 4.98 Å². The second-order valence-corrected chi connectivity index (χ2v) is 7.37. The molecule has 2 rings (SSSR count). The lowest BCUT2D eigenvalue weighted by atomic mass is 9.91. The van der Waals surface area contributed by atoms with E-state index >= 15 is 0 Å². The van der Waals surface area contributed by atoms with E-state index < -0.39 is 0 Å². The summed E-state index contributed by atoms with van der Waals surface area (Å²) in [5.41, 5.74) is 7.16. The Morgan fingerprint density at radius 2 is 2.05 bits per heavy atom. The minimum atomic E-state index is -0.271. The summed E-state index contributed by atoms with van der Waals surface area (Å²) >= 11 is 4.72. The zero-order valence-electron chi connectivity index (χ0n) is 11.1. The van der Waals surface area contributed by atoms with Crippen molar-refractivity contribution >= 4 is 27.3 Å². The predicted molar refractivity (Wildman–Crippen MR) is 81.8 cm³/mol. The molecule has 1 heterocycles. The number of nitrogens with two attached hydrogens (primary N) is 1. The first kappa shape index (κ1) is 14.6. The third-order valence-corrected chi connectivity index (χ3v) is 4.36. The van der Waals surface area contributed by atoms with Gasteiger partial charge >= 0.3 is 0 Å². The van der Waals surface area contributed by atoms with E-state index in [1.807, 2.05) is 6.07 Å². The topological polar surface area (TPSA) is 38.9 Å². The van der Waals surface area contributed by atoms with Crippen LogP contribution in [0.15, 0.2) is 22.7 Å². The van der Waals surface area contributed by atoms with Gasteiger partial charge in [-0.05, 0) is 18.2 Å². The zero-order chi connectivity index (χ0) is 14.2. The van der Waals surface area contributed by atoms with E-state index in [4.69, 9.17) is 5.73 Å². The average Bonchev–Trinajstić information content (AvgIpc) is 2.72. The van der Waals surface area contributed by atoms with Crippen LogP contribution in [0.2, 0.25) is 0 Å². The van der Waals surface area contributed by atoms with Crippen LogP contribution < -0.4 is 5.73 Å².